The Morgan fingerprint density at radius 3 is 2.62 bits per heavy atom. The Labute approximate surface area is 157 Å². The van der Waals surface area contributed by atoms with Gasteiger partial charge >= 0.3 is 0 Å². The fourth-order valence-electron chi connectivity index (χ4n) is 2.68. The summed E-state index contributed by atoms with van der Waals surface area (Å²) >= 11 is 0. The van der Waals surface area contributed by atoms with Crippen LogP contribution in [0.3, 0.4) is 0 Å². The molecule has 1 fully saturated rings. The molecule has 7 heteroatoms. The van der Waals surface area contributed by atoms with Crippen molar-refractivity contribution in [2.75, 3.05) is 32.6 Å². The third kappa shape index (κ3) is 6.85. The topological polar surface area (TPSA) is 67.6 Å². The molecule has 1 aromatic carbocycles. The van der Waals surface area contributed by atoms with Gasteiger partial charge in [-0.25, -0.2) is 0 Å². The molecule has 1 saturated carbocycles. The molecule has 24 heavy (non-hydrogen) atoms. The molecule has 1 amide bonds. The first-order chi connectivity index (χ1) is 10.5. The number of nitrogens with two attached hydrogens (primary N) is 1. The van der Waals surface area contributed by atoms with E-state index in [0.717, 1.165) is 42.8 Å². The fraction of sp³-hybridized carbons (Fsp3) is 0.588. The van der Waals surface area contributed by atoms with Crippen molar-refractivity contribution in [3.05, 3.63) is 23.8 Å². The van der Waals surface area contributed by atoms with Crippen molar-refractivity contribution in [1.29, 1.82) is 0 Å². The lowest BCUT2D eigenvalue weighted by molar-refractivity contribution is -0.119. The Morgan fingerprint density at radius 2 is 2.04 bits per heavy atom. The fourth-order valence-corrected chi connectivity index (χ4v) is 2.68. The van der Waals surface area contributed by atoms with Crippen molar-refractivity contribution in [3.63, 3.8) is 0 Å². The molecular formula is C17H29Cl2N3O2. The van der Waals surface area contributed by atoms with Crippen LogP contribution in [0.4, 0.5) is 5.69 Å². The molecule has 0 aromatic heterocycles. The highest BCUT2D eigenvalue weighted by Crippen LogP contribution is 2.29. The molecule has 2 rings (SSSR count). The molecule has 1 aliphatic carbocycles. The molecular weight excluding hydrogens is 349 g/mol. The Bertz CT molecular complexity index is 527. The number of hydrogen-bond donors (Lipinski definition) is 2. The van der Waals surface area contributed by atoms with Crippen LogP contribution in [0.2, 0.25) is 0 Å². The number of nitrogens with one attached hydrogen (secondary N) is 1. The summed E-state index contributed by atoms with van der Waals surface area (Å²) in [5, 5.41) is 3.01. The number of aryl methyl sites for hydroxylation is 1. The normalized spacial score (nSPS) is 19.4. The third-order valence-corrected chi connectivity index (χ3v) is 4.04. The number of benzene rings is 1. The Hall–Kier alpha value is -1.01. The number of amides is 1. The predicted octanol–water partition coefficient (Wildman–Crippen LogP) is 2.84. The maximum Gasteiger partial charge on any atom is 0.227 e. The van der Waals surface area contributed by atoms with Crippen molar-refractivity contribution in [3.8, 4) is 5.75 Å². The van der Waals surface area contributed by atoms with Gasteiger partial charge in [0.2, 0.25) is 5.91 Å². The van der Waals surface area contributed by atoms with Gasteiger partial charge in [-0.05, 0) is 58.0 Å². The molecule has 0 heterocycles. The molecule has 2 unspecified atom stereocenters. The van der Waals surface area contributed by atoms with Gasteiger partial charge in [0.1, 0.15) is 12.4 Å². The van der Waals surface area contributed by atoms with Crippen LogP contribution >= 0.6 is 24.8 Å². The molecule has 3 N–H and O–H groups in total. The summed E-state index contributed by atoms with van der Waals surface area (Å²) in [6, 6.07) is 6.01. The van der Waals surface area contributed by atoms with Crippen LogP contribution in [0.15, 0.2) is 18.2 Å². The highest BCUT2D eigenvalue weighted by atomic mass is 35.5. The lowest BCUT2D eigenvalue weighted by Gasteiger charge is -2.17. The second kappa shape index (κ2) is 10.8. The maximum absolute atomic E-state index is 12.3. The molecule has 1 aliphatic rings. The molecule has 2 atom stereocenters. The third-order valence-electron chi connectivity index (χ3n) is 4.04. The number of nitrogens with zero attached hydrogens (tertiary/aromatic N) is 1. The van der Waals surface area contributed by atoms with E-state index in [4.69, 9.17) is 10.5 Å². The minimum Gasteiger partial charge on any atom is -0.490 e. The summed E-state index contributed by atoms with van der Waals surface area (Å²) in [5.41, 5.74) is 7.75. The summed E-state index contributed by atoms with van der Waals surface area (Å²) in [6.07, 6.45) is 2.57. The second-order valence-corrected chi connectivity index (χ2v) is 6.41. The van der Waals surface area contributed by atoms with Gasteiger partial charge in [0.15, 0.2) is 0 Å². The number of likely N-dealkylation sites (N-methyl/N-ethyl adjacent to an activating group) is 1. The van der Waals surface area contributed by atoms with Gasteiger partial charge in [0, 0.05) is 18.5 Å². The molecule has 0 saturated heterocycles. The summed E-state index contributed by atoms with van der Waals surface area (Å²) in [7, 11) is 4.01. The Morgan fingerprint density at radius 1 is 1.33 bits per heavy atom. The zero-order chi connectivity index (χ0) is 16.1. The summed E-state index contributed by atoms with van der Waals surface area (Å²) in [5.74, 6) is 0.803. The van der Waals surface area contributed by atoms with Gasteiger partial charge in [-0.1, -0.05) is 6.07 Å². The predicted molar refractivity (Wildman–Crippen MR) is 104 cm³/mol. The lowest BCUT2D eigenvalue weighted by atomic mass is 10.1. The zero-order valence-corrected chi connectivity index (χ0v) is 16.2. The van der Waals surface area contributed by atoms with Crippen LogP contribution < -0.4 is 15.8 Å². The number of rotatable bonds is 6. The first-order valence-electron chi connectivity index (χ1n) is 7.90. The maximum atomic E-state index is 12.3. The quantitative estimate of drug-likeness (QED) is 0.799. The van der Waals surface area contributed by atoms with E-state index in [1.807, 2.05) is 39.2 Å². The van der Waals surface area contributed by atoms with E-state index in [2.05, 4.69) is 10.2 Å². The van der Waals surface area contributed by atoms with Crippen LogP contribution in [-0.2, 0) is 4.79 Å². The molecule has 5 nitrogen and oxygen atoms in total. The van der Waals surface area contributed by atoms with Gasteiger partial charge in [-0.15, -0.1) is 24.8 Å². The van der Waals surface area contributed by atoms with Gasteiger partial charge in [0.05, 0.1) is 5.69 Å². The summed E-state index contributed by atoms with van der Waals surface area (Å²) in [6.45, 7) is 3.44. The van der Waals surface area contributed by atoms with Gasteiger partial charge < -0.3 is 20.7 Å². The van der Waals surface area contributed by atoms with E-state index in [1.165, 1.54) is 0 Å². The largest absolute Gasteiger partial charge is 0.490 e. The monoisotopic (exact) mass is 377 g/mol. The number of carbonyl (C=O) groups excluding carboxylic acids is 1. The van der Waals surface area contributed by atoms with Crippen LogP contribution in [0, 0.1) is 12.8 Å². The van der Waals surface area contributed by atoms with Crippen molar-refractivity contribution in [2.24, 2.45) is 11.7 Å². The molecule has 0 bridgehead atoms. The van der Waals surface area contributed by atoms with E-state index in [1.54, 1.807) is 0 Å². The Kier molecular flexibility index (Phi) is 10.3. The van der Waals surface area contributed by atoms with Crippen molar-refractivity contribution < 1.29 is 9.53 Å². The first-order valence-corrected chi connectivity index (χ1v) is 7.90. The molecule has 0 aliphatic heterocycles. The number of halogens is 2. The summed E-state index contributed by atoms with van der Waals surface area (Å²) < 4.78 is 5.83. The second-order valence-electron chi connectivity index (χ2n) is 6.41. The molecule has 1 aromatic rings. The van der Waals surface area contributed by atoms with Gasteiger partial charge in [-0.2, -0.15) is 0 Å². The van der Waals surface area contributed by atoms with E-state index in [0.29, 0.717) is 6.61 Å². The lowest BCUT2D eigenvalue weighted by Crippen LogP contribution is -2.24. The standard InChI is InChI=1S/C17H27N3O2.2ClH/c1-12-4-7-15(16(10-12)22-9-8-20(2)3)19-17(21)13-5-6-14(18)11-13;;/h4,7,10,13-14H,5-6,8-9,11,18H2,1-3H3,(H,19,21);2*1H. The van der Waals surface area contributed by atoms with Crippen molar-refractivity contribution in [2.45, 2.75) is 32.2 Å². The van der Waals surface area contributed by atoms with Crippen molar-refractivity contribution in [1.82, 2.24) is 4.90 Å². The van der Waals surface area contributed by atoms with Crippen molar-refractivity contribution >= 4 is 36.4 Å². The zero-order valence-electron chi connectivity index (χ0n) is 14.6. The molecule has 0 radical (unpaired) electrons. The SMILES string of the molecule is Cc1ccc(NC(=O)C2CCC(N)C2)c(OCCN(C)C)c1.Cl.Cl. The van der Waals surface area contributed by atoms with E-state index in [9.17, 15) is 4.79 Å². The average molecular weight is 378 g/mol. The van der Waals surface area contributed by atoms with Crippen LogP contribution in [0.25, 0.3) is 0 Å². The molecule has 138 valence electrons. The highest BCUT2D eigenvalue weighted by molar-refractivity contribution is 5.94. The van der Waals surface area contributed by atoms with E-state index in [-0.39, 0.29) is 42.7 Å². The first kappa shape index (κ1) is 23.0. The summed E-state index contributed by atoms with van der Waals surface area (Å²) in [4.78, 5) is 14.4. The number of carbonyl (C=O) groups is 1. The average Bonchev–Trinajstić information content (AvgIpc) is 2.88. The molecule has 0 spiro atoms. The van der Waals surface area contributed by atoms with E-state index < -0.39 is 0 Å². The van der Waals surface area contributed by atoms with Gasteiger partial charge in [0.25, 0.3) is 0 Å². The van der Waals surface area contributed by atoms with Gasteiger partial charge in [-0.3, -0.25) is 4.79 Å². The highest BCUT2D eigenvalue weighted by Gasteiger charge is 2.28. The number of hydrogen-bond acceptors (Lipinski definition) is 4. The van der Waals surface area contributed by atoms with Crippen LogP contribution in [0.5, 0.6) is 5.75 Å². The van der Waals surface area contributed by atoms with Crippen LogP contribution in [0.1, 0.15) is 24.8 Å². The smallest absolute Gasteiger partial charge is 0.227 e. The minimum absolute atomic E-state index is 0. The van der Waals surface area contributed by atoms with Crippen LogP contribution in [-0.4, -0.2) is 44.1 Å². The minimum atomic E-state index is 0. The van der Waals surface area contributed by atoms with E-state index >= 15 is 0 Å². The Balaban J connectivity index is 0.00000264. The number of anilines is 1. The number of ether oxygens (including phenoxy) is 1.